The molecule has 2 aliphatic rings. The van der Waals surface area contributed by atoms with Gasteiger partial charge in [-0.05, 0) is 36.5 Å². The van der Waals surface area contributed by atoms with Crippen LogP contribution in [-0.4, -0.2) is 29.7 Å². The molecule has 1 aromatic carbocycles. The maximum absolute atomic E-state index is 12.2. The first-order valence-corrected chi connectivity index (χ1v) is 7.14. The fourth-order valence-electron chi connectivity index (χ4n) is 3.36. The number of methoxy groups -OCH3 is 1. The molecule has 106 valence electrons. The van der Waals surface area contributed by atoms with Gasteiger partial charge in [0, 0.05) is 19.4 Å². The minimum absolute atomic E-state index is 0.117. The summed E-state index contributed by atoms with van der Waals surface area (Å²) in [6.45, 7) is 0.524. The van der Waals surface area contributed by atoms with Gasteiger partial charge in [0.1, 0.15) is 5.75 Å². The summed E-state index contributed by atoms with van der Waals surface area (Å²) in [5, 5.41) is 0. The van der Waals surface area contributed by atoms with Gasteiger partial charge in [0.05, 0.1) is 13.2 Å². The van der Waals surface area contributed by atoms with E-state index in [0.29, 0.717) is 19.4 Å². The average molecular weight is 273 g/mol. The van der Waals surface area contributed by atoms with Crippen LogP contribution >= 0.6 is 0 Å². The van der Waals surface area contributed by atoms with Gasteiger partial charge in [-0.25, -0.2) is 0 Å². The van der Waals surface area contributed by atoms with Crippen LogP contribution in [-0.2, 0) is 16.1 Å². The Morgan fingerprint density at radius 1 is 1.25 bits per heavy atom. The van der Waals surface area contributed by atoms with Crippen LogP contribution in [0.1, 0.15) is 31.2 Å². The van der Waals surface area contributed by atoms with E-state index in [4.69, 9.17) is 4.74 Å². The molecule has 1 amide bonds. The minimum atomic E-state index is -0.182. The van der Waals surface area contributed by atoms with Gasteiger partial charge in [0.2, 0.25) is 5.91 Å². The molecule has 1 aliphatic heterocycles. The molecule has 3 rings (SSSR count). The van der Waals surface area contributed by atoms with Crippen LogP contribution in [0.4, 0.5) is 0 Å². The molecule has 4 heteroatoms. The third-order valence-electron chi connectivity index (χ3n) is 4.38. The van der Waals surface area contributed by atoms with E-state index in [9.17, 15) is 9.59 Å². The lowest BCUT2D eigenvalue weighted by molar-refractivity contribution is -0.135. The number of carbonyl (C=O) groups excluding carboxylic acids is 2. The number of hydrogen-bond donors (Lipinski definition) is 0. The molecular formula is C16H19NO3. The number of nitrogens with zero attached hydrogens (tertiary/aromatic N) is 1. The van der Waals surface area contributed by atoms with E-state index in [0.717, 1.165) is 24.2 Å². The van der Waals surface area contributed by atoms with E-state index in [1.54, 1.807) is 12.0 Å². The molecule has 0 radical (unpaired) electrons. The van der Waals surface area contributed by atoms with Crippen molar-refractivity contribution >= 4 is 11.7 Å². The lowest BCUT2D eigenvalue weighted by Crippen LogP contribution is -2.42. The summed E-state index contributed by atoms with van der Waals surface area (Å²) in [6, 6.07) is 7.49. The smallest absolute Gasteiger partial charge is 0.223 e. The summed E-state index contributed by atoms with van der Waals surface area (Å²) in [7, 11) is 1.63. The summed E-state index contributed by atoms with van der Waals surface area (Å²) >= 11 is 0. The van der Waals surface area contributed by atoms with E-state index >= 15 is 0 Å². The van der Waals surface area contributed by atoms with E-state index in [2.05, 4.69) is 0 Å². The standard InChI is InChI=1S/C16H19NO3/c1-20-13-7-5-11(6-8-13)10-17-15(19)9-12-3-2-4-14(18)16(12)17/h5-8,12,16H,2-4,9-10H2,1H3/t12-,16-/m1/s1. The fourth-order valence-corrected chi connectivity index (χ4v) is 3.36. The van der Waals surface area contributed by atoms with Crippen LogP contribution in [0, 0.1) is 5.92 Å². The Bertz CT molecular complexity index is 523. The van der Waals surface area contributed by atoms with Crippen molar-refractivity contribution in [2.75, 3.05) is 7.11 Å². The van der Waals surface area contributed by atoms with Crippen molar-refractivity contribution in [3.63, 3.8) is 0 Å². The zero-order valence-corrected chi connectivity index (χ0v) is 11.7. The second kappa shape index (κ2) is 5.27. The van der Waals surface area contributed by atoms with Crippen molar-refractivity contribution in [3.05, 3.63) is 29.8 Å². The highest BCUT2D eigenvalue weighted by Gasteiger charge is 2.45. The quantitative estimate of drug-likeness (QED) is 0.848. The van der Waals surface area contributed by atoms with E-state index in [1.165, 1.54) is 0 Å². The zero-order valence-electron chi connectivity index (χ0n) is 11.7. The maximum atomic E-state index is 12.2. The highest BCUT2D eigenvalue weighted by atomic mass is 16.5. The van der Waals surface area contributed by atoms with Crippen molar-refractivity contribution < 1.29 is 14.3 Å². The molecule has 0 unspecified atom stereocenters. The number of carbonyl (C=O) groups is 2. The molecule has 0 spiro atoms. The van der Waals surface area contributed by atoms with Gasteiger partial charge in [-0.15, -0.1) is 0 Å². The molecule has 20 heavy (non-hydrogen) atoms. The Morgan fingerprint density at radius 2 is 2.00 bits per heavy atom. The number of fused-ring (bicyclic) bond motifs is 1. The molecule has 1 aliphatic carbocycles. The monoisotopic (exact) mass is 273 g/mol. The van der Waals surface area contributed by atoms with Crippen molar-refractivity contribution in [2.24, 2.45) is 5.92 Å². The summed E-state index contributed by atoms with van der Waals surface area (Å²) in [5.41, 5.74) is 1.04. The molecule has 2 atom stereocenters. The Balaban J connectivity index is 1.77. The van der Waals surface area contributed by atoms with E-state index < -0.39 is 0 Å². The fraction of sp³-hybridized carbons (Fsp3) is 0.500. The molecule has 1 heterocycles. The lowest BCUT2D eigenvalue weighted by Gasteiger charge is -2.30. The minimum Gasteiger partial charge on any atom is -0.497 e. The number of amides is 1. The first kappa shape index (κ1) is 13.2. The first-order chi connectivity index (χ1) is 9.69. The third-order valence-corrected chi connectivity index (χ3v) is 4.38. The number of benzene rings is 1. The van der Waals surface area contributed by atoms with Crippen molar-refractivity contribution in [2.45, 2.75) is 38.3 Å². The molecule has 0 aromatic heterocycles. The van der Waals surface area contributed by atoms with Gasteiger partial charge in [0.15, 0.2) is 5.78 Å². The molecule has 1 aromatic rings. The Hall–Kier alpha value is -1.84. The Kier molecular flexibility index (Phi) is 3.47. The lowest BCUT2D eigenvalue weighted by atomic mass is 9.84. The molecule has 0 bridgehead atoms. The van der Waals surface area contributed by atoms with Gasteiger partial charge < -0.3 is 9.64 Å². The summed E-state index contributed by atoms with van der Waals surface area (Å²) < 4.78 is 5.13. The number of rotatable bonds is 3. The molecule has 1 saturated carbocycles. The summed E-state index contributed by atoms with van der Waals surface area (Å²) in [6.07, 6.45) is 3.09. The second-order valence-electron chi connectivity index (χ2n) is 5.64. The molecular weight excluding hydrogens is 254 g/mol. The largest absolute Gasteiger partial charge is 0.497 e. The van der Waals surface area contributed by atoms with Crippen LogP contribution in [0.25, 0.3) is 0 Å². The predicted octanol–water partition coefficient (Wildman–Crippen LogP) is 2.17. The van der Waals surface area contributed by atoms with Crippen molar-refractivity contribution in [1.29, 1.82) is 0 Å². The maximum Gasteiger partial charge on any atom is 0.223 e. The molecule has 4 nitrogen and oxygen atoms in total. The van der Waals surface area contributed by atoms with Crippen LogP contribution < -0.4 is 4.74 Å². The van der Waals surface area contributed by atoms with Gasteiger partial charge >= 0.3 is 0 Å². The SMILES string of the molecule is COc1ccc(CN2C(=O)C[C@H]3CCCC(=O)[C@@H]32)cc1. The third kappa shape index (κ3) is 2.30. The zero-order chi connectivity index (χ0) is 14.1. The normalized spacial score (nSPS) is 25.8. The van der Waals surface area contributed by atoms with Gasteiger partial charge in [0.25, 0.3) is 0 Å². The highest BCUT2D eigenvalue weighted by molar-refractivity contribution is 5.93. The topological polar surface area (TPSA) is 46.6 Å². The molecule has 1 saturated heterocycles. The van der Waals surface area contributed by atoms with Crippen LogP contribution in [0.3, 0.4) is 0 Å². The Morgan fingerprint density at radius 3 is 2.70 bits per heavy atom. The summed E-state index contributed by atoms with van der Waals surface area (Å²) in [4.78, 5) is 26.0. The highest BCUT2D eigenvalue weighted by Crippen LogP contribution is 2.36. The first-order valence-electron chi connectivity index (χ1n) is 7.14. The molecule has 2 fully saturated rings. The second-order valence-corrected chi connectivity index (χ2v) is 5.64. The van der Waals surface area contributed by atoms with Crippen LogP contribution in [0.2, 0.25) is 0 Å². The number of Topliss-reactive ketones (excluding diaryl/α,β-unsaturated/α-hetero) is 1. The van der Waals surface area contributed by atoms with E-state index in [-0.39, 0.29) is 23.7 Å². The van der Waals surface area contributed by atoms with Crippen molar-refractivity contribution in [1.82, 2.24) is 4.90 Å². The average Bonchev–Trinajstić information content (AvgIpc) is 2.77. The number of likely N-dealkylation sites (tertiary alicyclic amines) is 1. The predicted molar refractivity (Wildman–Crippen MR) is 74.3 cm³/mol. The molecule has 0 N–H and O–H groups in total. The van der Waals surface area contributed by atoms with Gasteiger partial charge in [-0.2, -0.15) is 0 Å². The van der Waals surface area contributed by atoms with Crippen molar-refractivity contribution in [3.8, 4) is 5.75 Å². The Labute approximate surface area is 118 Å². The number of ketones is 1. The van der Waals surface area contributed by atoms with E-state index in [1.807, 2.05) is 24.3 Å². The number of ether oxygens (including phenoxy) is 1. The number of hydrogen-bond acceptors (Lipinski definition) is 3. The van der Waals surface area contributed by atoms with Crippen LogP contribution in [0.5, 0.6) is 5.75 Å². The van der Waals surface area contributed by atoms with Gasteiger partial charge in [-0.1, -0.05) is 12.1 Å². The van der Waals surface area contributed by atoms with Gasteiger partial charge in [-0.3, -0.25) is 9.59 Å². The van der Waals surface area contributed by atoms with Crippen LogP contribution in [0.15, 0.2) is 24.3 Å². The summed E-state index contributed by atoms with van der Waals surface area (Å²) in [5.74, 6) is 1.39.